The molecule has 0 spiro atoms. The molecule has 1 unspecified atom stereocenters. The zero-order valence-electron chi connectivity index (χ0n) is 19.0. The quantitative estimate of drug-likeness (QED) is 0.611. The van der Waals surface area contributed by atoms with Crippen molar-refractivity contribution in [1.29, 1.82) is 0 Å². The molecule has 2 aromatic carbocycles. The third-order valence-corrected chi connectivity index (χ3v) is 6.37. The molecule has 0 aliphatic rings. The first-order chi connectivity index (χ1) is 14.4. The van der Waals surface area contributed by atoms with Crippen LogP contribution in [0.5, 0.6) is 11.5 Å². The SMILES string of the molecule is COc1ccc(C(C)NC(=O)CCc2ccc(S(=O)(=O)NC(C)(C)C)cc2)cc1OC. The average Bonchev–Trinajstić information content (AvgIpc) is 2.70. The van der Waals surface area contributed by atoms with E-state index in [4.69, 9.17) is 9.47 Å². The topological polar surface area (TPSA) is 93.7 Å². The number of carbonyl (C=O) groups excluding carboxylic acids is 1. The number of rotatable bonds is 9. The number of sulfonamides is 1. The Morgan fingerprint density at radius 2 is 1.61 bits per heavy atom. The second kappa shape index (κ2) is 10.2. The lowest BCUT2D eigenvalue weighted by Crippen LogP contribution is -2.40. The number of ether oxygens (including phenoxy) is 2. The van der Waals surface area contributed by atoms with E-state index in [9.17, 15) is 13.2 Å². The molecule has 2 rings (SSSR count). The molecule has 2 aromatic rings. The van der Waals surface area contributed by atoms with Gasteiger partial charge in [0.05, 0.1) is 25.2 Å². The molecular formula is C23H32N2O5S. The summed E-state index contributed by atoms with van der Waals surface area (Å²) in [7, 11) is -0.427. The Labute approximate surface area is 185 Å². The molecule has 1 atom stereocenters. The normalized spacial score (nSPS) is 12.8. The molecule has 0 radical (unpaired) electrons. The Morgan fingerprint density at radius 1 is 1.00 bits per heavy atom. The van der Waals surface area contributed by atoms with Gasteiger partial charge in [-0.15, -0.1) is 0 Å². The summed E-state index contributed by atoms with van der Waals surface area (Å²) in [5.41, 5.74) is 1.25. The summed E-state index contributed by atoms with van der Waals surface area (Å²) in [6, 6.07) is 11.9. The van der Waals surface area contributed by atoms with Crippen molar-refractivity contribution in [2.45, 2.75) is 57.0 Å². The molecule has 170 valence electrons. The summed E-state index contributed by atoms with van der Waals surface area (Å²) in [6.45, 7) is 7.28. The van der Waals surface area contributed by atoms with E-state index in [1.807, 2.05) is 19.1 Å². The first-order valence-electron chi connectivity index (χ1n) is 10.1. The summed E-state index contributed by atoms with van der Waals surface area (Å²) >= 11 is 0. The lowest BCUT2D eigenvalue weighted by molar-refractivity contribution is -0.121. The van der Waals surface area contributed by atoms with Gasteiger partial charge in [-0.05, 0) is 69.5 Å². The highest BCUT2D eigenvalue weighted by atomic mass is 32.2. The number of carbonyl (C=O) groups is 1. The maximum Gasteiger partial charge on any atom is 0.241 e. The standard InChI is InChI=1S/C23H32N2O5S/c1-16(18-10-13-20(29-5)21(15-18)30-6)24-22(26)14-9-17-7-11-19(12-8-17)31(27,28)25-23(2,3)4/h7-8,10-13,15-16,25H,9,14H2,1-6H3,(H,24,26). The Hall–Kier alpha value is -2.58. The van der Waals surface area contributed by atoms with Gasteiger partial charge in [0, 0.05) is 12.0 Å². The minimum atomic E-state index is -3.57. The van der Waals surface area contributed by atoms with Crippen LogP contribution in [-0.4, -0.2) is 34.1 Å². The third kappa shape index (κ3) is 7.25. The Bertz CT molecular complexity index is 996. The van der Waals surface area contributed by atoms with Gasteiger partial charge in [0.15, 0.2) is 11.5 Å². The maximum atomic E-state index is 12.4. The van der Waals surface area contributed by atoms with Gasteiger partial charge < -0.3 is 14.8 Å². The molecule has 31 heavy (non-hydrogen) atoms. The van der Waals surface area contributed by atoms with Crippen LogP contribution in [-0.2, 0) is 21.2 Å². The smallest absolute Gasteiger partial charge is 0.241 e. The molecular weight excluding hydrogens is 416 g/mol. The number of methoxy groups -OCH3 is 2. The Morgan fingerprint density at radius 3 is 2.16 bits per heavy atom. The maximum absolute atomic E-state index is 12.4. The molecule has 0 bridgehead atoms. The van der Waals surface area contributed by atoms with Crippen molar-refractivity contribution in [1.82, 2.24) is 10.0 Å². The Kier molecular flexibility index (Phi) is 8.08. The van der Waals surface area contributed by atoms with Crippen molar-refractivity contribution in [3.8, 4) is 11.5 Å². The molecule has 0 fully saturated rings. The summed E-state index contributed by atoms with van der Waals surface area (Å²) in [5, 5.41) is 2.98. The van der Waals surface area contributed by atoms with E-state index in [0.29, 0.717) is 24.3 Å². The van der Waals surface area contributed by atoms with Gasteiger partial charge >= 0.3 is 0 Å². The number of hydrogen-bond donors (Lipinski definition) is 2. The van der Waals surface area contributed by atoms with E-state index in [1.165, 1.54) is 0 Å². The first kappa shape index (κ1) is 24.7. The molecule has 0 aromatic heterocycles. The number of benzene rings is 2. The number of hydrogen-bond acceptors (Lipinski definition) is 5. The van der Waals surface area contributed by atoms with Crippen molar-refractivity contribution in [3.05, 3.63) is 53.6 Å². The van der Waals surface area contributed by atoms with Gasteiger partial charge in [0.1, 0.15) is 0 Å². The van der Waals surface area contributed by atoms with E-state index < -0.39 is 15.6 Å². The number of nitrogens with one attached hydrogen (secondary N) is 2. The monoisotopic (exact) mass is 448 g/mol. The molecule has 0 saturated carbocycles. The number of amides is 1. The molecule has 0 aliphatic heterocycles. The fourth-order valence-electron chi connectivity index (χ4n) is 3.07. The van der Waals surface area contributed by atoms with Gasteiger partial charge in [-0.2, -0.15) is 0 Å². The van der Waals surface area contributed by atoms with Crippen LogP contribution < -0.4 is 19.5 Å². The van der Waals surface area contributed by atoms with Crippen LogP contribution in [0.1, 0.15) is 51.3 Å². The lowest BCUT2D eigenvalue weighted by atomic mass is 10.1. The van der Waals surface area contributed by atoms with Gasteiger partial charge in [0.25, 0.3) is 0 Å². The molecule has 8 heteroatoms. The second-order valence-electron chi connectivity index (χ2n) is 8.40. The van der Waals surface area contributed by atoms with Gasteiger partial charge in [-0.3, -0.25) is 4.79 Å². The average molecular weight is 449 g/mol. The molecule has 2 N–H and O–H groups in total. The Balaban J connectivity index is 1.94. The van der Waals surface area contributed by atoms with Crippen LogP contribution in [0.2, 0.25) is 0 Å². The van der Waals surface area contributed by atoms with Crippen LogP contribution in [0.15, 0.2) is 47.4 Å². The lowest BCUT2D eigenvalue weighted by Gasteiger charge is -2.20. The van der Waals surface area contributed by atoms with E-state index in [0.717, 1.165) is 11.1 Å². The van der Waals surface area contributed by atoms with E-state index >= 15 is 0 Å². The van der Waals surface area contributed by atoms with Crippen molar-refractivity contribution in [2.24, 2.45) is 0 Å². The molecule has 0 saturated heterocycles. The van der Waals surface area contributed by atoms with E-state index in [2.05, 4.69) is 10.0 Å². The van der Waals surface area contributed by atoms with Crippen LogP contribution in [0, 0.1) is 0 Å². The number of aryl methyl sites for hydroxylation is 1. The van der Waals surface area contributed by atoms with E-state index in [1.54, 1.807) is 65.3 Å². The van der Waals surface area contributed by atoms with Gasteiger partial charge in [-0.1, -0.05) is 18.2 Å². The fraction of sp³-hybridized carbons (Fsp3) is 0.435. The minimum absolute atomic E-state index is 0.0895. The summed E-state index contributed by atoms with van der Waals surface area (Å²) in [4.78, 5) is 12.6. The largest absolute Gasteiger partial charge is 0.493 e. The van der Waals surface area contributed by atoms with Gasteiger partial charge in [0.2, 0.25) is 15.9 Å². The van der Waals surface area contributed by atoms with Crippen LogP contribution in [0.25, 0.3) is 0 Å². The summed E-state index contributed by atoms with van der Waals surface area (Å²) < 4.78 is 37.9. The zero-order chi connectivity index (χ0) is 23.2. The van der Waals surface area contributed by atoms with Crippen molar-refractivity contribution >= 4 is 15.9 Å². The molecule has 1 amide bonds. The molecule has 7 nitrogen and oxygen atoms in total. The summed E-state index contributed by atoms with van der Waals surface area (Å²) in [6.07, 6.45) is 0.807. The van der Waals surface area contributed by atoms with E-state index in [-0.39, 0.29) is 16.8 Å². The molecule has 0 heterocycles. The first-order valence-corrected chi connectivity index (χ1v) is 11.6. The third-order valence-electron chi connectivity index (χ3n) is 4.60. The van der Waals surface area contributed by atoms with Crippen molar-refractivity contribution < 1.29 is 22.7 Å². The second-order valence-corrected chi connectivity index (χ2v) is 10.1. The predicted octanol–water partition coefficient (Wildman–Crippen LogP) is 3.59. The van der Waals surface area contributed by atoms with Gasteiger partial charge in [-0.25, -0.2) is 13.1 Å². The highest BCUT2D eigenvalue weighted by Gasteiger charge is 2.21. The highest BCUT2D eigenvalue weighted by molar-refractivity contribution is 7.89. The van der Waals surface area contributed by atoms with Crippen LogP contribution in [0.3, 0.4) is 0 Å². The van der Waals surface area contributed by atoms with Crippen LogP contribution >= 0.6 is 0 Å². The summed E-state index contributed by atoms with van der Waals surface area (Å²) in [5.74, 6) is 1.15. The fourth-order valence-corrected chi connectivity index (χ4v) is 4.49. The van der Waals surface area contributed by atoms with Crippen molar-refractivity contribution in [2.75, 3.05) is 14.2 Å². The minimum Gasteiger partial charge on any atom is -0.493 e. The predicted molar refractivity (Wildman–Crippen MR) is 121 cm³/mol. The highest BCUT2D eigenvalue weighted by Crippen LogP contribution is 2.29. The van der Waals surface area contributed by atoms with Crippen molar-refractivity contribution in [3.63, 3.8) is 0 Å². The zero-order valence-corrected chi connectivity index (χ0v) is 19.8. The van der Waals surface area contributed by atoms with Crippen LogP contribution in [0.4, 0.5) is 0 Å². The molecule has 0 aliphatic carbocycles.